The minimum absolute atomic E-state index is 0.257. The van der Waals surface area contributed by atoms with Crippen molar-refractivity contribution in [2.45, 2.75) is 12.5 Å². The summed E-state index contributed by atoms with van der Waals surface area (Å²) in [4.78, 5) is 16.3. The van der Waals surface area contributed by atoms with Crippen LogP contribution in [-0.4, -0.2) is 16.9 Å². The summed E-state index contributed by atoms with van der Waals surface area (Å²) in [5.74, 6) is -0.257. The van der Waals surface area contributed by atoms with Gasteiger partial charge in [0, 0.05) is 18.1 Å². The lowest BCUT2D eigenvalue weighted by Crippen LogP contribution is -2.37. The van der Waals surface area contributed by atoms with Crippen LogP contribution in [0.5, 0.6) is 0 Å². The number of halogens is 2. The molecule has 4 nitrogen and oxygen atoms in total. The summed E-state index contributed by atoms with van der Waals surface area (Å²) in [5.41, 5.74) is 9.67. The van der Waals surface area contributed by atoms with Crippen LogP contribution in [0.25, 0.3) is 11.1 Å². The molecule has 2 aromatic carbocycles. The van der Waals surface area contributed by atoms with Crippen LogP contribution < -0.4 is 11.1 Å². The van der Waals surface area contributed by atoms with Gasteiger partial charge >= 0.3 is 0 Å². The third kappa shape index (κ3) is 4.61. The molecule has 26 heavy (non-hydrogen) atoms. The summed E-state index contributed by atoms with van der Waals surface area (Å²) < 4.78 is 0. The maximum Gasteiger partial charge on any atom is 0.241 e. The molecule has 0 aliphatic heterocycles. The first kappa shape index (κ1) is 18.4. The Bertz CT molecular complexity index is 899. The van der Waals surface area contributed by atoms with Crippen LogP contribution in [0, 0.1) is 0 Å². The van der Waals surface area contributed by atoms with Crippen molar-refractivity contribution in [2.24, 2.45) is 5.73 Å². The number of nitrogens with one attached hydrogen (secondary N) is 1. The second-order valence-electron chi connectivity index (χ2n) is 5.86. The van der Waals surface area contributed by atoms with E-state index in [0.29, 0.717) is 22.2 Å². The van der Waals surface area contributed by atoms with Gasteiger partial charge in [0.2, 0.25) is 5.91 Å². The van der Waals surface area contributed by atoms with E-state index in [-0.39, 0.29) is 5.91 Å². The first-order valence-electron chi connectivity index (χ1n) is 8.04. The molecule has 0 bridgehead atoms. The van der Waals surface area contributed by atoms with Crippen molar-refractivity contribution in [2.75, 3.05) is 5.32 Å². The molecule has 3 aromatic rings. The van der Waals surface area contributed by atoms with E-state index in [1.165, 1.54) is 0 Å². The second kappa shape index (κ2) is 8.32. The Morgan fingerprint density at radius 3 is 2.27 bits per heavy atom. The highest BCUT2D eigenvalue weighted by atomic mass is 35.5. The average molecular weight is 386 g/mol. The second-order valence-corrected chi connectivity index (χ2v) is 6.68. The first-order chi connectivity index (χ1) is 12.5. The Hall–Kier alpha value is -2.40. The molecule has 1 amide bonds. The maximum atomic E-state index is 12.3. The number of hydrogen-bond donors (Lipinski definition) is 2. The Kier molecular flexibility index (Phi) is 5.89. The van der Waals surface area contributed by atoms with Crippen LogP contribution in [-0.2, 0) is 11.2 Å². The summed E-state index contributed by atoms with van der Waals surface area (Å²) in [5, 5.41) is 3.75. The number of nitrogens with zero attached hydrogens (tertiary/aromatic N) is 1. The molecular formula is C20H17Cl2N3O. The molecule has 0 aliphatic rings. The number of rotatable bonds is 5. The van der Waals surface area contributed by atoms with Crippen LogP contribution in [0.2, 0.25) is 10.0 Å². The fourth-order valence-electron chi connectivity index (χ4n) is 2.54. The minimum atomic E-state index is -0.688. The zero-order valence-electron chi connectivity index (χ0n) is 13.8. The summed E-state index contributed by atoms with van der Waals surface area (Å²) in [6, 6.07) is 16.0. The quantitative estimate of drug-likeness (QED) is 0.675. The predicted molar refractivity (Wildman–Crippen MR) is 106 cm³/mol. The van der Waals surface area contributed by atoms with Crippen molar-refractivity contribution >= 4 is 34.8 Å². The number of hydrogen-bond acceptors (Lipinski definition) is 3. The van der Waals surface area contributed by atoms with E-state index >= 15 is 0 Å². The molecule has 0 aliphatic carbocycles. The molecule has 1 atom stereocenters. The first-order valence-corrected chi connectivity index (χ1v) is 8.79. The summed E-state index contributed by atoms with van der Waals surface area (Å²) in [6.07, 6.45) is 3.86. The summed E-state index contributed by atoms with van der Waals surface area (Å²) in [6.45, 7) is 0. The van der Waals surface area contributed by atoms with E-state index in [4.69, 9.17) is 28.9 Å². The highest BCUT2D eigenvalue weighted by molar-refractivity contribution is 6.42. The number of carbonyl (C=O) groups is 1. The summed E-state index contributed by atoms with van der Waals surface area (Å²) >= 11 is 11.9. The van der Waals surface area contributed by atoms with Crippen LogP contribution in [0.15, 0.2) is 67.0 Å². The number of nitrogens with two attached hydrogens (primary N) is 1. The van der Waals surface area contributed by atoms with Gasteiger partial charge in [-0.05, 0) is 59.5 Å². The molecular weight excluding hydrogens is 369 g/mol. The number of amides is 1. The lowest BCUT2D eigenvalue weighted by atomic mass is 10.1. The standard InChI is InChI=1S/C20H17Cl2N3O/c21-17-6-1-13(11-18(17)22)12-19(23)20(26)25-16-4-2-14(3-5-16)15-7-9-24-10-8-15/h1-11,19H,12,23H2,(H,25,26)/t19-/m1/s1. The molecule has 6 heteroatoms. The largest absolute Gasteiger partial charge is 0.325 e. The van der Waals surface area contributed by atoms with Gasteiger partial charge in [-0.15, -0.1) is 0 Å². The lowest BCUT2D eigenvalue weighted by molar-refractivity contribution is -0.117. The molecule has 0 fully saturated rings. The van der Waals surface area contributed by atoms with Gasteiger partial charge in [0.1, 0.15) is 0 Å². The lowest BCUT2D eigenvalue weighted by Gasteiger charge is -2.13. The van der Waals surface area contributed by atoms with Gasteiger partial charge in [0.15, 0.2) is 0 Å². The Labute approximate surface area is 162 Å². The molecule has 0 saturated carbocycles. The zero-order valence-corrected chi connectivity index (χ0v) is 15.3. The van der Waals surface area contributed by atoms with Crippen molar-refractivity contribution in [3.8, 4) is 11.1 Å². The van der Waals surface area contributed by atoms with Gasteiger partial charge in [0.05, 0.1) is 16.1 Å². The van der Waals surface area contributed by atoms with Crippen molar-refractivity contribution in [3.05, 3.63) is 82.6 Å². The van der Waals surface area contributed by atoms with Gasteiger partial charge < -0.3 is 11.1 Å². The fraction of sp³-hybridized carbons (Fsp3) is 0.100. The van der Waals surface area contributed by atoms with Crippen molar-refractivity contribution < 1.29 is 4.79 Å². The smallest absolute Gasteiger partial charge is 0.241 e. The van der Waals surface area contributed by atoms with Gasteiger partial charge in [0.25, 0.3) is 0 Å². The fourth-order valence-corrected chi connectivity index (χ4v) is 2.86. The minimum Gasteiger partial charge on any atom is -0.325 e. The zero-order chi connectivity index (χ0) is 18.5. The molecule has 0 radical (unpaired) electrons. The van der Waals surface area contributed by atoms with E-state index in [1.54, 1.807) is 24.5 Å². The molecule has 132 valence electrons. The number of benzene rings is 2. The maximum absolute atomic E-state index is 12.3. The predicted octanol–water partition coefficient (Wildman–Crippen LogP) is 4.56. The van der Waals surface area contributed by atoms with Crippen LogP contribution in [0.3, 0.4) is 0 Å². The number of pyridine rings is 1. The van der Waals surface area contributed by atoms with Crippen molar-refractivity contribution in [3.63, 3.8) is 0 Å². The third-order valence-corrected chi connectivity index (χ3v) is 4.68. The molecule has 0 saturated heterocycles. The van der Waals surface area contributed by atoms with Gasteiger partial charge in [-0.3, -0.25) is 9.78 Å². The van der Waals surface area contributed by atoms with E-state index in [1.807, 2.05) is 42.5 Å². The Morgan fingerprint density at radius 1 is 0.962 bits per heavy atom. The van der Waals surface area contributed by atoms with Crippen LogP contribution in [0.4, 0.5) is 5.69 Å². The van der Waals surface area contributed by atoms with Crippen LogP contribution >= 0.6 is 23.2 Å². The van der Waals surface area contributed by atoms with E-state index < -0.39 is 6.04 Å². The third-order valence-electron chi connectivity index (χ3n) is 3.94. The topological polar surface area (TPSA) is 68.0 Å². The molecule has 1 aromatic heterocycles. The molecule has 0 spiro atoms. The highest BCUT2D eigenvalue weighted by Gasteiger charge is 2.15. The molecule has 3 rings (SSSR count). The van der Waals surface area contributed by atoms with Gasteiger partial charge in [-0.1, -0.05) is 41.4 Å². The van der Waals surface area contributed by atoms with E-state index in [9.17, 15) is 4.79 Å². The monoisotopic (exact) mass is 385 g/mol. The van der Waals surface area contributed by atoms with Crippen molar-refractivity contribution in [1.29, 1.82) is 0 Å². The van der Waals surface area contributed by atoms with Crippen LogP contribution in [0.1, 0.15) is 5.56 Å². The molecule has 0 unspecified atom stereocenters. The highest BCUT2D eigenvalue weighted by Crippen LogP contribution is 2.23. The van der Waals surface area contributed by atoms with E-state index in [2.05, 4.69) is 10.3 Å². The molecule has 3 N–H and O–H groups in total. The Balaban J connectivity index is 1.62. The number of aromatic nitrogens is 1. The SMILES string of the molecule is N[C@H](Cc1ccc(Cl)c(Cl)c1)C(=O)Nc1ccc(-c2ccncc2)cc1. The number of anilines is 1. The average Bonchev–Trinajstić information content (AvgIpc) is 2.66. The van der Waals surface area contributed by atoms with Gasteiger partial charge in [-0.25, -0.2) is 0 Å². The normalized spacial score (nSPS) is 11.8. The summed E-state index contributed by atoms with van der Waals surface area (Å²) in [7, 11) is 0. The number of carbonyl (C=O) groups excluding carboxylic acids is 1. The van der Waals surface area contributed by atoms with E-state index in [0.717, 1.165) is 16.7 Å². The van der Waals surface area contributed by atoms with Crippen molar-refractivity contribution in [1.82, 2.24) is 4.98 Å². The molecule has 1 heterocycles. The van der Waals surface area contributed by atoms with Gasteiger partial charge in [-0.2, -0.15) is 0 Å². The Morgan fingerprint density at radius 2 is 1.62 bits per heavy atom.